The van der Waals surface area contributed by atoms with E-state index in [1.165, 1.54) is 0 Å². The minimum absolute atomic E-state index is 0.0434. The Labute approximate surface area is 170 Å². The van der Waals surface area contributed by atoms with Gasteiger partial charge in [-0.15, -0.1) is 0 Å². The summed E-state index contributed by atoms with van der Waals surface area (Å²) in [5, 5.41) is 0. The van der Waals surface area contributed by atoms with E-state index in [0.29, 0.717) is 24.0 Å². The standard InChI is InChI=1S/C20H25N5O3S/c1-4-11-22-29(26,27)25-19-20(24-17-10-6-5-9-16(17)23-19)28-18(14(2)3)15-8-7-12-21-13-15/h5-10,12-14,18,22H,4,11H2,1-3H3,(H,23,25)/t18-/m1/s1. The maximum Gasteiger partial charge on any atom is 0.300 e. The Balaban J connectivity index is 2.02. The van der Waals surface area contributed by atoms with E-state index >= 15 is 0 Å². The Hall–Kier alpha value is -2.78. The third-order valence-electron chi connectivity index (χ3n) is 4.17. The van der Waals surface area contributed by atoms with Crippen LogP contribution in [0.4, 0.5) is 5.82 Å². The minimum atomic E-state index is -3.80. The number of hydrogen-bond donors (Lipinski definition) is 2. The number of rotatable bonds is 9. The zero-order chi connectivity index (χ0) is 20.9. The van der Waals surface area contributed by atoms with Crippen LogP contribution in [0.3, 0.4) is 0 Å². The van der Waals surface area contributed by atoms with E-state index < -0.39 is 10.2 Å². The number of aromatic nitrogens is 3. The van der Waals surface area contributed by atoms with Crippen LogP contribution in [-0.4, -0.2) is 29.9 Å². The van der Waals surface area contributed by atoms with Crippen LogP contribution < -0.4 is 14.2 Å². The van der Waals surface area contributed by atoms with Gasteiger partial charge < -0.3 is 4.74 Å². The van der Waals surface area contributed by atoms with E-state index in [2.05, 4.69) is 24.4 Å². The second kappa shape index (κ2) is 9.15. The summed E-state index contributed by atoms with van der Waals surface area (Å²) in [5.41, 5.74) is 2.05. The normalized spacial score (nSPS) is 12.8. The summed E-state index contributed by atoms with van der Waals surface area (Å²) in [6, 6.07) is 11.0. The number of hydrogen-bond acceptors (Lipinski definition) is 6. The largest absolute Gasteiger partial charge is 0.466 e. The topological polar surface area (TPSA) is 106 Å². The molecule has 3 rings (SSSR count). The van der Waals surface area contributed by atoms with Crippen molar-refractivity contribution in [2.75, 3.05) is 11.3 Å². The Morgan fingerprint density at radius 3 is 2.41 bits per heavy atom. The van der Waals surface area contributed by atoms with Gasteiger partial charge in [0.1, 0.15) is 6.10 Å². The number of anilines is 1. The molecule has 3 aromatic rings. The van der Waals surface area contributed by atoms with Gasteiger partial charge in [-0.1, -0.05) is 39.0 Å². The van der Waals surface area contributed by atoms with Gasteiger partial charge in [0.15, 0.2) is 0 Å². The third-order valence-corrected chi connectivity index (χ3v) is 5.21. The molecule has 0 amide bonds. The molecule has 2 N–H and O–H groups in total. The molecule has 154 valence electrons. The van der Waals surface area contributed by atoms with Gasteiger partial charge in [0, 0.05) is 24.5 Å². The maximum absolute atomic E-state index is 12.4. The number of benzene rings is 1. The number of ether oxygens (including phenoxy) is 1. The molecule has 1 atom stereocenters. The van der Waals surface area contributed by atoms with Crippen molar-refractivity contribution in [3.05, 3.63) is 54.4 Å². The van der Waals surface area contributed by atoms with Crippen LogP contribution in [0.1, 0.15) is 38.9 Å². The van der Waals surface area contributed by atoms with Gasteiger partial charge >= 0.3 is 0 Å². The molecule has 0 saturated carbocycles. The summed E-state index contributed by atoms with van der Waals surface area (Å²) in [5.74, 6) is 0.255. The molecular weight excluding hydrogens is 390 g/mol. The molecule has 0 aliphatic heterocycles. The lowest BCUT2D eigenvalue weighted by Gasteiger charge is -2.23. The van der Waals surface area contributed by atoms with Crippen LogP contribution in [0.5, 0.6) is 5.88 Å². The lowest BCUT2D eigenvalue weighted by Crippen LogP contribution is -2.31. The third kappa shape index (κ3) is 5.39. The van der Waals surface area contributed by atoms with E-state index in [1.54, 1.807) is 24.5 Å². The second-order valence-electron chi connectivity index (χ2n) is 6.93. The zero-order valence-corrected chi connectivity index (χ0v) is 17.5. The molecule has 1 aromatic carbocycles. The first-order valence-electron chi connectivity index (χ1n) is 9.50. The molecule has 0 spiro atoms. The number of pyridine rings is 1. The van der Waals surface area contributed by atoms with Gasteiger partial charge in [-0.25, -0.2) is 9.97 Å². The molecule has 9 heteroatoms. The minimum Gasteiger partial charge on any atom is -0.466 e. The van der Waals surface area contributed by atoms with Crippen molar-refractivity contribution in [1.82, 2.24) is 19.7 Å². The fourth-order valence-corrected chi connectivity index (χ4v) is 3.72. The fraction of sp³-hybridized carbons (Fsp3) is 0.350. The van der Waals surface area contributed by atoms with Crippen molar-refractivity contribution < 1.29 is 13.2 Å². The molecule has 29 heavy (non-hydrogen) atoms. The predicted molar refractivity (Wildman–Crippen MR) is 113 cm³/mol. The summed E-state index contributed by atoms with van der Waals surface area (Å²) < 4.78 is 35.9. The Kier molecular flexibility index (Phi) is 6.60. The molecule has 0 fully saturated rings. The number of para-hydroxylation sites is 2. The first-order valence-corrected chi connectivity index (χ1v) is 11.0. The van der Waals surface area contributed by atoms with E-state index in [1.807, 2.05) is 45.0 Å². The van der Waals surface area contributed by atoms with E-state index in [9.17, 15) is 8.42 Å². The van der Waals surface area contributed by atoms with E-state index in [0.717, 1.165) is 5.56 Å². The highest BCUT2D eigenvalue weighted by Crippen LogP contribution is 2.32. The number of nitrogens with zero attached hydrogens (tertiary/aromatic N) is 3. The molecular formula is C20H25N5O3S. The van der Waals surface area contributed by atoms with Crippen molar-refractivity contribution in [1.29, 1.82) is 0 Å². The molecule has 0 unspecified atom stereocenters. The Morgan fingerprint density at radius 1 is 1.07 bits per heavy atom. The van der Waals surface area contributed by atoms with Crippen molar-refractivity contribution in [2.45, 2.75) is 33.3 Å². The molecule has 0 aliphatic rings. The predicted octanol–water partition coefficient (Wildman–Crippen LogP) is 3.46. The van der Waals surface area contributed by atoms with Crippen LogP contribution in [0.2, 0.25) is 0 Å². The van der Waals surface area contributed by atoms with Gasteiger partial charge in [-0.05, 0) is 30.5 Å². The number of nitrogens with one attached hydrogen (secondary N) is 2. The molecule has 2 aromatic heterocycles. The summed E-state index contributed by atoms with van der Waals surface area (Å²) in [4.78, 5) is 13.1. The zero-order valence-electron chi connectivity index (χ0n) is 16.7. The highest BCUT2D eigenvalue weighted by molar-refractivity contribution is 7.90. The lowest BCUT2D eigenvalue weighted by atomic mass is 10.0. The SMILES string of the molecule is CCCNS(=O)(=O)Nc1nc2ccccc2nc1O[C@@H](c1cccnc1)C(C)C. The van der Waals surface area contributed by atoms with Crippen molar-refractivity contribution >= 4 is 27.1 Å². The molecule has 0 radical (unpaired) electrons. The highest BCUT2D eigenvalue weighted by Gasteiger charge is 2.23. The number of fused-ring (bicyclic) bond motifs is 1. The van der Waals surface area contributed by atoms with Gasteiger partial charge in [-0.3, -0.25) is 9.71 Å². The second-order valence-corrected chi connectivity index (χ2v) is 8.43. The maximum atomic E-state index is 12.4. The molecule has 0 aliphatic carbocycles. The first kappa shape index (κ1) is 20.9. The van der Waals surface area contributed by atoms with Gasteiger partial charge in [0.05, 0.1) is 11.0 Å². The van der Waals surface area contributed by atoms with Crippen LogP contribution in [0.25, 0.3) is 11.0 Å². The Morgan fingerprint density at radius 2 is 1.79 bits per heavy atom. The quantitative estimate of drug-likeness (QED) is 0.554. The fourth-order valence-electron chi connectivity index (χ4n) is 2.79. The smallest absolute Gasteiger partial charge is 0.300 e. The van der Waals surface area contributed by atoms with Gasteiger partial charge in [0.2, 0.25) is 5.82 Å². The van der Waals surface area contributed by atoms with Crippen molar-refractivity contribution in [3.63, 3.8) is 0 Å². The molecule has 0 saturated heterocycles. The lowest BCUT2D eigenvalue weighted by molar-refractivity contribution is 0.147. The first-order chi connectivity index (χ1) is 13.9. The van der Waals surface area contributed by atoms with E-state index in [4.69, 9.17) is 4.74 Å². The average molecular weight is 416 g/mol. The molecule has 8 nitrogen and oxygen atoms in total. The summed E-state index contributed by atoms with van der Waals surface area (Å²) in [7, 11) is -3.80. The van der Waals surface area contributed by atoms with Gasteiger partial charge in [0.25, 0.3) is 16.1 Å². The summed E-state index contributed by atoms with van der Waals surface area (Å²) in [6.07, 6.45) is 3.72. The van der Waals surface area contributed by atoms with Crippen molar-refractivity contribution in [2.24, 2.45) is 5.92 Å². The van der Waals surface area contributed by atoms with Crippen LogP contribution in [-0.2, 0) is 10.2 Å². The summed E-state index contributed by atoms with van der Waals surface area (Å²) in [6.45, 7) is 6.22. The Bertz CT molecular complexity index is 1060. The highest BCUT2D eigenvalue weighted by atomic mass is 32.2. The summed E-state index contributed by atoms with van der Waals surface area (Å²) >= 11 is 0. The monoisotopic (exact) mass is 415 g/mol. The molecule has 2 heterocycles. The van der Waals surface area contributed by atoms with Crippen molar-refractivity contribution in [3.8, 4) is 5.88 Å². The van der Waals surface area contributed by atoms with Crippen LogP contribution >= 0.6 is 0 Å². The van der Waals surface area contributed by atoms with Crippen LogP contribution in [0, 0.1) is 5.92 Å². The van der Waals surface area contributed by atoms with E-state index in [-0.39, 0.29) is 23.7 Å². The van der Waals surface area contributed by atoms with Gasteiger partial charge in [-0.2, -0.15) is 13.1 Å². The van der Waals surface area contributed by atoms with Crippen LogP contribution in [0.15, 0.2) is 48.8 Å². The molecule has 0 bridgehead atoms. The average Bonchev–Trinajstić information content (AvgIpc) is 2.70.